The standard InChI is InChI=1S/C14H17N3O3S/c1-20-13-6-2-11(3-7-13)10-17(12-4-5-12)21(18,19)14-8-9-15-16-14/h2-3,6-9,12H,4-5,10H2,1H3,(H,15,16). The fourth-order valence-electron chi connectivity index (χ4n) is 2.20. The summed E-state index contributed by atoms with van der Waals surface area (Å²) in [4.78, 5) is 0. The van der Waals surface area contributed by atoms with Gasteiger partial charge in [0.15, 0.2) is 5.03 Å². The number of hydrogen-bond donors (Lipinski definition) is 1. The molecule has 0 bridgehead atoms. The Labute approximate surface area is 123 Å². The van der Waals surface area contributed by atoms with Gasteiger partial charge in [-0.2, -0.15) is 9.40 Å². The molecule has 6 nitrogen and oxygen atoms in total. The van der Waals surface area contributed by atoms with Crippen LogP contribution in [0.2, 0.25) is 0 Å². The van der Waals surface area contributed by atoms with Crippen molar-refractivity contribution in [2.45, 2.75) is 30.5 Å². The maximum Gasteiger partial charge on any atom is 0.260 e. The second kappa shape index (κ2) is 5.50. The second-order valence-electron chi connectivity index (χ2n) is 5.05. The molecule has 0 atom stereocenters. The van der Waals surface area contributed by atoms with Gasteiger partial charge in [-0.15, -0.1) is 0 Å². The highest BCUT2D eigenvalue weighted by molar-refractivity contribution is 7.89. The molecular weight excluding hydrogens is 290 g/mol. The summed E-state index contributed by atoms with van der Waals surface area (Å²) in [6, 6.07) is 9.01. The number of sulfonamides is 1. The third-order valence-electron chi connectivity index (χ3n) is 3.51. The van der Waals surface area contributed by atoms with E-state index in [0.29, 0.717) is 6.54 Å². The van der Waals surface area contributed by atoms with E-state index >= 15 is 0 Å². The van der Waals surface area contributed by atoms with Gasteiger partial charge in [0.05, 0.1) is 13.3 Å². The summed E-state index contributed by atoms with van der Waals surface area (Å²) in [6.45, 7) is 0.357. The van der Waals surface area contributed by atoms with Gasteiger partial charge in [-0.25, -0.2) is 8.42 Å². The molecule has 1 aliphatic carbocycles. The summed E-state index contributed by atoms with van der Waals surface area (Å²) in [6.07, 6.45) is 3.26. The van der Waals surface area contributed by atoms with Crippen LogP contribution in [0.4, 0.5) is 0 Å². The van der Waals surface area contributed by atoms with Crippen LogP contribution in [0.25, 0.3) is 0 Å². The number of benzene rings is 1. The molecule has 1 heterocycles. The normalized spacial score (nSPS) is 15.3. The Kier molecular flexibility index (Phi) is 3.69. The third-order valence-corrected chi connectivity index (χ3v) is 5.34. The first kappa shape index (κ1) is 14.1. The van der Waals surface area contributed by atoms with Gasteiger partial charge in [-0.05, 0) is 36.6 Å². The molecule has 1 saturated carbocycles. The largest absolute Gasteiger partial charge is 0.497 e. The van der Waals surface area contributed by atoms with Crippen LogP contribution in [0.15, 0.2) is 41.6 Å². The lowest BCUT2D eigenvalue weighted by Crippen LogP contribution is -2.32. The molecule has 21 heavy (non-hydrogen) atoms. The first-order chi connectivity index (χ1) is 10.1. The van der Waals surface area contributed by atoms with Crippen LogP contribution < -0.4 is 4.74 Å². The number of ether oxygens (including phenoxy) is 1. The molecule has 0 saturated heterocycles. The van der Waals surface area contributed by atoms with Crippen molar-refractivity contribution in [3.8, 4) is 5.75 Å². The summed E-state index contributed by atoms with van der Waals surface area (Å²) in [5, 5.41) is 6.42. The predicted molar refractivity (Wildman–Crippen MR) is 77.3 cm³/mol. The Hall–Kier alpha value is -1.86. The molecule has 1 fully saturated rings. The van der Waals surface area contributed by atoms with Gasteiger partial charge in [0, 0.05) is 12.6 Å². The average molecular weight is 307 g/mol. The highest BCUT2D eigenvalue weighted by Crippen LogP contribution is 2.33. The van der Waals surface area contributed by atoms with Gasteiger partial charge in [-0.1, -0.05) is 12.1 Å². The minimum Gasteiger partial charge on any atom is -0.497 e. The number of H-pyrrole nitrogens is 1. The SMILES string of the molecule is COc1ccc(CN(C2CC2)S(=O)(=O)c2ccn[nH]2)cc1. The number of aromatic amines is 1. The number of nitrogens with one attached hydrogen (secondary N) is 1. The molecule has 1 N–H and O–H groups in total. The Balaban J connectivity index is 1.85. The van der Waals surface area contributed by atoms with Crippen LogP contribution in [0.3, 0.4) is 0 Å². The molecule has 3 rings (SSSR count). The average Bonchev–Trinajstić information content (AvgIpc) is 3.16. The van der Waals surface area contributed by atoms with Crippen LogP contribution in [0, 0.1) is 0 Å². The van der Waals surface area contributed by atoms with Crippen LogP contribution in [-0.2, 0) is 16.6 Å². The highest BCUT2D eigenvalue weighted by Gasteiger charge is 2.38. The Morgan fingerprint density at radius 3 is 2.52 bits per heavy atom. The minimum absolute atomic E-state index is 0.0837. The predicted octanol–water partition coefficient (Wildman–Crippen LogP) is 1.77. The molecular formula is C14H17N3O3S. The molecule has 2 aromatic rings. The molecule has 1 aliphatic rings. The number of rotatable bonds is 6. The van der Waals surface area contributed by atoms with E-state index in [1.807, 2.05) is 24.3 Å². The Morgan fingerprint density at radius 2 is 2.00 bits per heavy atom. The zero-order valence-corrected chi connectivity index (χ0v) is 12.5. The van der Waals surface area contributed by atoms with Crippen LogP contribution in [-0.4, -0.2) is 36.1 Å². The molecule has 0 radical (unpaired) electrons. The van der Waals surface area contributed by atoms with Crippen molar-refractivity contribution in [2.75, 3.05) is 7.11 Å². The van der Waals surface area contributed by atoms with Crippen molar-refractivity contribution in [3.05, 3.63) is 42.1 Å². The number of nitrogens with zero attached hydrogens (tertiary/aromatic N) is 2. The Bertz CT molecular complexity index is 692. The van der Waals surface area contributed by atoms with Gasteiger partial charge < -0.3 is 4.74 Å². The molecule has 112 valence electrons. The molecule has 0 spiro atoms. The van der Waals surface area contributed by atoms with Crippen molar-refractivity contribution in [1.29, 1.82) is 0 Å². The van der Waals surface area contributed by atoms with Crippen molar-refractivity contribution in [3.63, 3.8) is 0 Å². The van der Waals surface area contributed by atoms with Crippen LogP contribution in [0.1, 0.15) is 18.4 Å². The molecule has 0 aliphatic heterocycles. The monoisotopic (exact) mass is 307 g/mol. The highest BCUT2D eigenvalue weighted by atomic mass is 32.2. The Morgan fingerprint density at radius 1 is 1.29 bits per heavy atom. The summed E-state index contributed by atoms with van der Waals surface area (Å²) in [7, 11) is -1.92. The van der Waals surface area contributed by atoms with Crippen molar-refractivity contribution >= 4 is 10.0 Å². The maximum atomic E-state index is 12.6. The number of methoxy groups -OCH3 is 1. The first-order valence-corrected chi connectivity index (χ1v) is 8.19. The lowest BCUT2D eigenvalue weighted by molar-refractivity contribution is 0.395. The zero-order valence-electron chi connectivity index (χ0n) is 11.7. The van der Waals surface area contributed by atoms with Crippen molar-refractivity contribution in [1.82, 2.24) is 14.5 Å². The van der Waals surface area contributed by atoms with E-state index in [4.69, 9.17) is 4.74 Å². The zero-order chi connectivity index (χ0) is 14.9. The summed E-state index contributed by atoms with van der Waals surface area (Å²) in [5.74, 6) is 0.758. The van der Waals surface area contributed by atoms with Gasteiger partial charge in [-0.3, -0.25) is 5.10 Å². The van der Waals surface area contributed by atoms with E-state index in [2.05, 4.69) is 10.2 Å². The van der Waals surface area contributed by atoms with Crippen molar-refractivity contribution < 1.29 is 13.2 Å². The van der Waals surface area contributed by atoms with E-state index in [0.717, 1.165) is 24.2 Å². The van der Waals surface area contributed by atoms with Gasteiger partial charge in [0.2, 0.25) is 0 Å². The molecule has 1 aromatic heterocycles. The molecule has 1 aromatic carbocycles. The van der Waals surface area contributed by atoms with E-state index in [1.54, 1.807) is 11.4 Å². The topological polar surface area (TPSA) is 75.3 Å². The smallest absolute Gasteiger partial charge is 0.260 e. The molecule has 0 unspecified atom stereocenters. The number of aromatic nitrogens is 2. The van der Waals surface area contributed by atoms with Crippen molar-refractivity contribution in [2.24, 2.45) is 0 Å². The lowest BCUT2D eigenvalue weighted by atomic mass is 10.2. The van der Waals surface area contributed by atoms with Crippen LogP contribution in [0.5, 0.6) is 5.75 Å². The molecule has 0 amide bonds. The summed E-state index contributed by atoms with van der Waals surface area (Å²) in [5.41, 5.74) is 0.936. The first-order valence-electron chi connectivity index (χ1n) is 6.75. The lowest BCUT2D eigenvalue weighted by Gasteiger charge is -2.21. The van der Waals surface area contributed by atoms with Crippen LogP contribution >= 0.6 is 0 Å². The van der Waals surface area contributed by atoms with E-state index in [-0.39, 0.29) is 11.1 Å². The minimum atomic E-state index is -3.52. The van der Waals surface area contributed by atoms with Gasteiger partial charge >= 0.3 is 0 Å². The quantitative estimate of drug-likeness (QED) is 0.882. The summed E-state index contributed by atoms with van der Waals surface area (Å²) >= 11 is 0. The fourth-order valence-corrected chi connectivity index (χ4v) is 3.77. The summed E-state index contributed by atoms with van der Waals surface area (Å²) < 4.78 is 31.9. The van der Waals surface area contributed by atoms with Gasteiger partial charge in [0.1, 0.15) is 5.75 Å². The molecule has 7 heteroatoms. The van der Waals surface area contributed by atoms with E-state index < -0.39 is 10.0 Å². The maximum absolute atomic E-state index is 12.6. The van der Waals surface area contributed by atoms with E-state index in [1.165, 1.54) is 12.3 Å². The fraction of sp³-hybridized carbons (Fsp3) is 0.357. The number of hydrogen-bond acceptors (Lipinski definition) is 4. The van der Waals surface area contributed by atoms with E-state index in [9.17, 15) is 8.42 Å². The van der Waals surface area contributed by atoms with Gasteiger partial charge in [0.25, 0.3) is 10.0 Å². The third kappa shape index (κ3) is 2.93. The second-order valence-corrected chi connectivity index (χ2v) is 6.91.